The standard InChI is InChI=1S/C26H40F2N2O3Si2/c1-34(2,3)15-13-31-11-12-33-26-10-8-7-9-22(26)21-17-24(27)23-19-30(28)29(25(23)18-21)20-32-14-16-35(4,5)6/h7-10,17-18H,11-16,19-20H2,1-6H3. The van der Waals surface area contributed by atoms with Crippen LogP contribution in [-0.2, 0) is 16.0 Å². The van der Waals surface area contributed by atoms with Crippen LogP contribution >= 0.6 is 0 Å². The number of fused-ring (bicyclic) bond motifs is 1. The molecule has 1 aliphatic heterocycles. The lowest BCUT2D eigenvalue weighted by atomic mass is 10.0. The maximum absolute atomic E-state index is 15.0. The first-order valence-corrected chi connectivity index (χ1v) is 19.8. The van der Waals surface area contributed by atoms with Crippen LogP contribution in [0.3, 0.4) is 0 Å². The smallest absolute Gasteiger partial charge is 0.136 e. The topological polar surface area (TPSA) is 34.2 Å². The second-order valence-corrected chi connectivity index (χ2v) is 22.7. The van der Waals surface area contributed by atoms with E-state index in [9.17, 15) is 4.48 Å². The first-order chi connectivity index (χ1) is 16.4. The van der Waals surface area contributed by atoms with Crippen molar-refractivity contribution in [2.75, 3.05) is 38.2 Å². The highest BCUT2D eigenvalue weighted by molar-refractivity contribution is 6.76. The summed E-state index contributed by atoms with van der Waals surface area (Å²) >= 11 is 0. The second kappa shape index (κ2) is 12.0. The average molecular weight is 523 g/mol. The van der Waals surface area contributed by atoms with Crippen LogP contribution in [0, 0.1) is 5.82 Å². The van der Waals surface area contributed by atoms with E-state index in [-0.39, 0.29) is 13.3 Å². The SMILES string of the molecule is C[Si](C)(C)CCOCCOc1ccccc1-c1cc(F)c2c(c1)N(COCC[Si](C)(C)C)N(F)C2. The summed E-state index contributed by atoms with van der Waals surface area (Å²) in [5.74, 6) is 0.211. The number of hydrazine groups is 1. The molecular formula is C26H40F2N2O3Si2. The van der Waals surface area contributed by atoms with E-state index < -0.39 is 22.0 Å². The molecule has 5 nitrogen and oxygen atoms in total. The van der Waals surface area contributed by atoms with Gasteiger partial charge in [0.05, 0.1) is 18.8 Å². The molecule has 9 heteroatoms. The monoisotopic (exact) mass is 522 g/mol. The van der Waals surface area contributed by atoms with E-state index in [1.165, 1.54) is 11.1 Å². The van der Waals surface area contributed by atoms with Crippen LogP contribution in [0.25, 0.3) is 11.1 Å². The van der Waals surface area contributed by atoms with Crippen molar-refractivity contribution in [1.29, 1.82) is 0 Å². The summed E-state index contributed by atoms with van der Waals surface area (Å²) in [6, 6.07) is 12.9. The molecule has 0 unspecified atom stereocenters. The lowest BCUT2D eigenvalue weighted by molar-refractivity contribution is -0.0213. The van der Waals surface area contributed by atoms with Crippen molar-refractivity contribution in [3.8, 4) is 16.9 Å². The van der Waals surface area contributed by atoms with Gasteiger partial charge in [0, 0.05) is 40.5 Å². The Labute approximate surface area is 210 Å². The quantitative estimate of drug-likeness (QED) is 0.161. The molecule has 2 aromatic rings. The summed E-state index contributed by atoms with van der Waals surface area (Å²) in [6.07, 6.45) is 0. The number of ether oxygens (including phenoxy) is 3. The molecule has 2 aromatic carbocycles. The number of nitrogens with zero attached hydrogens (tertiary/aromatic N) is 2. The Morgan fingerprint density at radius 1 is 0.857 bits per heavy atom. The Balaban J connectivity index is 1.69. The van der Waals surface area contributed by atoms with E-state index in [0.29, 0.717) is 47.6 Å². The summed E-state index contributed by atoms with van der Waals surface area (Å²) in [6.45, 7) is 15.9. The van der Waals surface area contributed by atoms with E-state index in [2.05, 4.69) is 39.3 Å². The third kappa shape index (κ3) is 8.39. The fraction of sp³-hybridized carbons (Fsp3) is 0.538. The zero-order chi connectivity index (χ0) is 25.6. The number of hydrogen-bond acceptors (Lipinski definition) is 5. The summed E-state index contributed by atoms with van der Waals surface area (Å²) in [5, 5.41) is 1.88. The second-order valence-electron chi connectivity index (χ2n) is 11.5. The highest BCUT2D eigenvalue weighted by Gasteiger charge is 2.31. The van der Waals surface area contributed by atoms with Crippen molar-refractivity contribution in [3.05, 3.63) is 47.8 Å². The van der Waals surface area contributed by atoms with Crippen molar-refractivity contribution in [1.82, 2.24) is 5.23 Å². The summed E-state index contributed by atoms with van der Waals surface area (Å²) in [4.78, 5) is 0. The van der Waals surface area contributed by atoms with Crippen molar-refractivity contribution in [3.63, 3.8) is 0 Å². The number of halogens is 2. The number of benzene rings is 2. The highest BCUT2D eigenvalue weighted by atomic mass is 28.3. The molecule has 0 saturated carbocycles. The fourth-order valence-electron chi connectivity index (χ4n) is 3.68. The Hall–Kier alpha value is -1.79. The Morgan fingerprint density at radius 3 is 2.20 bits per heavy atom. The van der Waals surface area contributed by atoms with Crippen LogP contribution in [0.15, 0.2) is 36.4 Å². The molecule has 0 N–H and O–H groups in total. The van der Waals surface area contributed by atoms with Gasteiger partial charge >= 0.3 is 0 Å². The lowest BCUT2D eigenvalue weighted by Gasteiger charge is -2.24. The normalized spacial score (nSPS) is 14.5. The third-order valence-corrected chi connectivity index (χ3v) is 9.30. The van der Waals surface area contributed by atoms with Crippen LogP contribution in [0.5, 0.6) is 5.75 Å². The minimum Gasteiger partial charge on any atom is -0.491 e. The van der Waals surface area contributed by atoms with E-state index >= 15 is 4.39 Å². The summed E-state index contributed by atoms with van der Waals surface area (Å²) in [7, 11) is -2.37. The van der Waals surface area contributed by atoms with Gasteiger partial charge in [-0.1, -0.05) is 57.5 Å². The predicted octanol–water partition coefficient (Wildman–Crippen LogP) is 6.96. The molecule has 1 heterocycles. The molecule has 0 spiro atoms. The third-order valence-electron chi connectivity index (χ3n) is 5.89. The van der Waals surface area contributed by atoms with Crippen molar-refractivity contribution in [2.45, 2.75) is 57.9 Å². The molecule has 0 aromatic heterocycles. The van der Waals surface area contributed by atoms with Gasteiger partial charge < -0.3 is 14.2 Å². The molecule has 3 rings (SSSR count). The van der Waals surface area contributed by atoms with Gasteiger partial charge in [-0.25, -0.2) is 4.39 Å². The minimum atomic E-state index is -1.25. The molecule has 0 aliphatic carbocycles. The maximum Gasteiger partial charge on any atom is 0.136 e. The van der Waals surface area contributed by atoms with E-state index in [4.69, 9.17) is 14.2 Å². The maximum atomic E-state index is 15.0. The number of para-hydroxylation sites is 1. The van der Waals surface area contributed by atoms with Crippen LogP contribution < -0.4 is 9.75 Å². The Morgan fingerprint density at radius 2 is 1.51 bits per heavy atom. The molecule has 0 saturated heterocycles. The lowest BCUT2D eigenvalue weighted by Crippen LogP contribution is -2.34. The van der Waals surface area contributed by atoms with Crippen molar-refractivity contribution >= 4 is 21.8 Å². The first kappa shape index (κ1) is 27.8. The van der Waals surface area contributed by atoms with Crippen LogP contribution in [-0.4, -0.2) is 54.5 Å². The van der Waals surface area contributed by atoms with Crippen molar-refractivity contribution < 1.29 is 23.1 Å². The summed E-state index contributed by atoms with van der Waals surface area (Å²) < 4.78 is 47.2. The van der Waals surface area contributed by atoms with Crippen LogP contribution in [0.4, 0.5) is 14.6 Å². The largest absolute Gasteiger partial charge is 0.491 e. The van der Waals surface area contributed by atoms with E-state index in [0.717, 1.165) is 24.3 Å². The molecule has 0 bridgehead atoms. The van der Waals surface area contributed by atoms with E-state index in [1.54, 1.807) is 0 Å². The van der Waals surface area contributed by atoms with E-state index in [1.807, 2.05) is 30.3 Å². The minimum absolute atomic E-state index is 0.0454. The molecule has 0 amide bonds. The zero-order valence-electron chi connectivity index (χ0n) is 22.0. The number of hydrogen-bond donors (Lipinski definition) is 0. The fourth-order valence-corrected chi connectivity index (χ4v) is 5.19. The van der Waals surface area contributed by atoms with Crippen LogP contribution in [0.2, 0.25) is 51.4 Å². The molecule has 1 aliphatic rings. The van der Waals surface area contributed by atoms with Gasteiger partial charge in [-0.05, 0) is 41.1 Å². The molecule has 35 heavy (non-hydrogen) atoms. The van der Waals surface area contributed by atoms with Gasteiger partial charge in [0.15, 0.2) is 0 Å². The van der Waals surface area contributed by atoms with Gasteiger partial charge in [0.25, 0.3) is 0 Å². The first-order valence-electron chi connectivity index (χ1n) is 12.4. The van der Waals surface area contributed by atoms with Gasteiger partial charge in [-0.3, -0.25) is 5.01 Å². The Bertz CT molecular complexity index is 980. The highest BCUT2D eigenvalue weighted by Crippen LogP contribution is 2.39. The number of rotatable bonds is 13. The molecular weight excluding hydrogens is 482 g/mol. The van der Waals surface area contributed by atoms with Crippen molar-refractivity contribution in [2.24, 2.45) is 0 Å². The number of anilines is 1. The van der Waals surface area contributed by atoms with Crippen LogP contribution in [0.1, 0.15) is 5.56 Å². The Kier molecular flexibility index (Phi) is 9.50. The zero-order valence-corrected chi connectivity index (χ0v) is 24.0. The van der Waals surface area contributed by atoms with Gasteiger partial charge in [0.2, 0.25) is 0 Å². The molecule has 194 valence electrons. The summed E-state index contributed by atoms with van der Waals surface area (Å²) in [5.41, 5.74) is 2.21. The molecule has 0 radical (unpaired) electrons. The van der Waals surface area contributed by atoms with Gasteiger partial charge in [-0.15, -0.1) is 4.48 Å². The molecule has 0 atom stereocenters. The average Bonchev–Trinajstić information content (AvgIpc) is 3.08. The van der Waals surface area contributed by atoms with Gasteiger partial charge in [-0.2, -0.15) is 0 Å². The van der Waals surface area contributed by atoms with Gasteiger partial charge in [0.1, 0.15) is 24.9 Å². The molecule has 0 fully saturated rings. The predicted molar refractivity (Wildman–Crippen MR) is 144 cm³/mol.